The van der Waals surface area contributed by atoms with Gasteiger partial charge < -0.3 is 0 Å². The zero-order valence-corrected chi connectivity index (χ0v) is 36.5. The molecule has 7 aromatic carbocycles. The van der Waals surface area contributed by atoms with Gasteiger partial charge in [-0.25, -0.2) is 39.9 Å². The molecule has 13 aromatic rings. The minimum Gasteiger partial charge on any atom is -0.282 e. The SMILES string of the molecule is c1ccc(-c2nc(-c3ccccc3)nc(-n3cnc4cccc(-c5nc6nc7ncn(-c8ccccc8)c7nc6n5-c5cccc(-c6c(-c7ccccc7)ncnc6-c6ccccc6)c5)c43)n2)cc1. The van der Waals surface area contributed by atoms with E-state index < -0.39 is 0 Å². The first-order valence-corrected chi connectivity index (χ1v) is 22.3. The Morgan fingerprint density at radius 1 is 0.362 bits per heavy atom. The number of benzene rings is 7. The summed E-state index contributed by atoms with van der Waals surface area (Å²) in [4.78, 5) is 50.4. The highest BCUT2D eigenvalue weighted by molar-refractivity contribution is 5.96. The third-order valence-electron chi connectivity index (χ3n) is 12.1. The van der Waals surface area contributed by atoms with Gasteiger partial charge in [-0.1, -0.05) is 158 Å². The molecule has 324 valence electrons. The maximum atomic E-state index is 5.37. The van der Waals surface area contributed by atoms with Crippen LogP contribution in [-0.2, 0) is 0 Å². The van der Waals surface area contributed by atoms with Crippen LogP contribution in [0.3, 0.4) is 0 Å². The third-order valence-corrected chi connectivity index (χ3v) is 12.1. The first kappa shape index (κ1) is 39.5. The van der Waals surface area contributed by atoms with Crippen LogP contribution in [0.2, 0.25) is 0 Å². The van der Waals surface area contributed by atoms with E-state index in [-0.39, 0.29) is 0 Å². The van der Waals surface area contributed by atoms with Gasteiger partial charge in [0.05, 0.1) is 22.4 Å². The first-order chi connectivity index (χ1) is 34.2. The van der Waals surface area contributed by atoms with E-state index in [1.807, 2.05) is 161 Å². The van der Waals surface area contributed by atoms with Crippen LogP contribution in [0.4, 0.5) is 0 Å². The Hall–Kier alpha value is -9.88. The summed E-state index contributed by atoms with van der Waals surface area (Å²) in [6.45, 7) is 0. The van der Waals surface area contributed by atoms with Crippen LogP contribution in [-0.4, -0.2) is 63.5 Å². The monoisotopic (exact) mass is 889 g/mol. The average molecular weight is 890 g/mol. The Labute approximate surface area is 393 Å². The number of rotatable bonds is 9. The number of para-hydroxylation sites is 2. The number of hydrogen-bond acceptors (Lipinski definition) is 10. The maximum absolute atomic E-state index is 5.37. The van der Waals surface area contributed by atoms with Crippen LogP contribution in [0.5, 0.6) is 0 Å². The summed E-state index contributed by atoms with van der Waals surface area (Å²) < 4.78 is 5.92. The number of fused-ring (bicyclic) bond motifs is 3. The van der Waals surface area contributed by atoms with Gasteiger partial charge in [0.25, 0.3) is 0 Å². The highest BCUT2D eigenvalue weighted by Crippen LogP contribution is 2.40. The summed E-state index contributed by atoms with van der Waals surface area (Å²) in [6.07, 6.45) is 5.14. The summed E-state index contributed by atoms with van der Waals surface area (Å²) in [5, 5.41) is 0. The molecule has 13 rings (SSSR count). The van der Waals surface area contributed by atoms with Crippen molar-refractivity contribution >= 4 is 33.6 Å². The van der Waals surface area contributed by atoms with Crippen molar-refractivity contribution in [2.45, 2.75) is 0 Å². The van der Waals surface area contributed by atoms with Crippen LogP contribution in [0.25, 0.3) is 119 Å². The van der Waals surface area contributed by atoms with E-state index in [1.165, 1.54) is 0 Å². The molecule has 0 unspecified atom stereocenters. The first-order valence-electron chi connectivity index (χ1n) is 22.3. The Morgan fingerprint density at radius 3 is 1.55 bits per heavy atom. The lowest BCUT2D eigenvalue weighted by Gasteiger charge is -2.16. The third kappa shape index (κ3) is 6.96. The van der Waals surface area contributed by atoms with Crippen molar-refractivity contribution in [3.8, 4) is 85.1 Å². The van der Waals surface area contributed by atoms with E-state index in [1.54, 1.807) is 19.0 Å². The van der Waals surface area contributed by atoms with Gasteiger partial charge in [-0.2, -0.15) is 9.97 Å². The van der Waals surface area contributed by atoms with Gasteiger partial charge >= 0.3 is 0 Å². The van der Waals surface area contributed by atoms with Gasteiger partial charge in [-0.05, 0) is 42.0 Å². The van der Waals surface area contributed by atoms with Crippen LogP contribution in [0.1, 0.15) is 0 Å². The van der Waals surface area contributed by atoms with E-state index in [4.69, 9.17) is 49.8 Å². The fourth-order valence-electron chi connectivity index (χ4n) is 8.89. The van der Waals surface area contributed by atoms with Crippen molar-refractivity contribution in [1.29, 1.82) is 0 Å². The van der Waals surface area contributed by atoms with Gasteiger partial charge in [-0.15, -0.1) is 0 Å². The maximum Gasteiger partial charge on any atom is 0.239 e. The van der Waals surface area contributed by atoms with Gasteiger partial charge in [0.1, 0.15) is 19.0 Å². The Morgan fingerprint density at radius 2 is 0.913 bits per heavy atom. The van der Waals surface area contributed by atoms with E-state index in [2.05, 4.69) is 47.0 Å². The summed E-state index contributed by atoms with van der Waals surface area (Å²) in [6, 6.07) is 64.6. The normalized spacial score (nSPS) is 11.5. The summed E-state index contributed by atoms with van der Waals surface area (Å²) in [5.41, 5.74) is 12.9. The summed E-state index contributed by atoms with van der Waals surface area (Å²) >= 11 is 0. The molecular formula is C56H35N13. The molecule has 0 amide bonds. The molecule has 0 atom stereocenters. The van der Waals surface area contributed by atoms with Gasteiger partial charge in [0.2, 0.25) is 11.6 Å². The lowest BCUT2D eigenvalue weighted by Crippen LogP contribution is -2.07. The lowest BCUT2D eigenvalue weighted by atomic mass is 9.94. The zero-order valence-electron chi connectivity index (χ0n) is 36.5. The number of hydrogen-bond donors (Lipinski definition) is 0. The van der Waals surface area contributed by atoms with Crippen LogP contribution >= 0.6 is 0 Å². The van der Waals surface area contributed by atoms with E-state index in [9.17, 15) is 0 Å². The highest BCUT2D eigenvalue weighted by Gasteiger charge is 2.25. The fourth-order valence-corrected chi connectivity index (χ4v) is 8.89. The Kier molecular flexibility index (Phi) is 9.46. The van der Waals surface area contributed by atoms with Crippen molar-refractivity contribution in [3.63, 3.8) is 0 Å². The second kappa shape index (κ2) is 16.5. The molecule has 0 aliphatic rings. The second-order valence-corrected chi connectivity index (χ2v) is 16.3. The molecule has 0 fully saturated rings. The van der Waals surface area contributed by atoms with Gasteiger partial charge in [-0.3, -0.25) is 13.7 Å². The molecule has 0 radical (unpaired) electrons. The lowest BCUT2D eigenvalue weighted by molar-refractivity contribution is 0.922. The molecule has 0 aliphatic carbocycles. The fraction of sp³-hybridized carbons (Fsp3) is 0. The van der Waals surface area contributed by atoms with Crippen molar-refractivity contribution in [1.82, 2.24) is 63.5 Å². The largest absolute Gasteiger partial charge is 0.282 e. The van der Waals surface area contributed by atoms with E-state index >= 15 is 0 Å². The molecule has 13 nitrogen and oxygen atoms in total. The summed E-state index contributed by atoms with van der Waals surface area (Å²) in [7, 11) is 0. The minimum absolute atomic E-state index is 0.399. The van der Waals surface area contributed by atoms with Crippen molar-refractivity contribution in [3.05, 3.63) is 213 Å². The second-order valence-electron chi connectivity index (χ2n) is 16.3. The number of aromatic nitrogens is 13. The topological polar surface area (TPSA) is 144 Å². The molecule has 0 spiro atoms. The highest BCUT2D eigenvalue weighted by atomic mass is 15.2. The van der Waals surface area contributed by atoms with Gasteiger partial charge in [0.15, 0.2) is 34.4 Å². The van der Waals surface area contributed by atoms with Crippen LogP contribution in [0, 0.1) is 0 Å². The van der Waals surface area contributed by atoms with E-state index in [0.29, 0.717) is 51.5 Å². The molecule has 0 bridgehead atoms. The van der Waals surface area contributed by atoms with Crippen molar-refractivity contribution < 1.29 is 0 Å². The molecule has 6 heterocycles. The zero-order chi connectivity index (χ0) is 45.7. The Bertz CT molecular complexity index is 3890. The van der Waals surface area contributed by atoms with Gasteiger partial charge in [0, 0.05) is 44.8 Å². The average Bonchev–Trinajstić information content (AvgIpc) is 4.17. The van der Waals surface area contributed by atoms with Crippen LogP contribution in [0.15, 0.2) is 213 Å². The Balaban J connectivity index is 1.07. The molecule has 0 N–H and O–H groups in total. The van der Waals surface area contributed by atoms with Crippen LogP contribution < -0.4 is 0 Å². The predicted molar refractivity (Wildman–Crippen MR) is 268 cm³/mol. The molecule has 6 aromatic heterocycles. The molecule has 0 saturated heterocycles. The molecule has 69 heavy (non-hydrogen) atoms. The standard InChI is InChI=1S/C56H35N13/c1-6-18-36(19-7-1)46-45(47(58-33-57-46)37-20-8-2-9-21-37)40-26-16-29-42(32-40)69-53(63-52-55(69)66-54-51(62-52)60-35-67(54)41-27-14-5-15-28-41)43-30-17-31-44-48(43)68(34-59-44)56-64-49(38-22-10-3-11-23-38)61-50(65-56)39-24-12-4-13-25-39/h1-35H. The molecule has 13 heteroatoms. The quantitative estimate of drug-likeness (QED) is 0.137. The molecular weight excluding hydrogens is 855 g/mol. The molecule has 0 saturated carbocycles. The van der Waals surface area contributed by atoms with Crippen molar-refractivity contribution in [2.24, 2.45) is 0 Å². The molecule has 0 aliphatic heterocycles. The predicted octanol–water partition coefficient (Wildman–Crippen LogP) is 11.5. The minimum atomic E-state index is 0.399. The number of nitrogens with zero attached hydrogens (tertiary/aromatic N) is 13. The van der Waals surface area contributed by atoms with Crippen molar-refractivity contribution in [2.75, 3.05) is 0 Å². The smallest absolute Gasteiger partial charge is 0.239 e. The van der Waals surface area contributed by atoms with E-state index in [0.717, 1.165) is 67.2 Å². The summed E-state index contributed by atoms with van der Waals surface area (Å²) in [5.74, 6) is 2.04. The number of imidazole rings is 3.